The van der Waals surface area contributed by atoms with E-state index in [0.29, 0.717) is 13.4 Å². The summed E-state index contributed by atoms with van der Waals surface area (Å²) < 4.78 is 7.14. The number of allylic oxidation sites excluding steroid dienone is 6. The average molecular weight is 673 g/mol. The molecular formula is C43H59B2CoO. The standard InChI is InChI=1S/C38H54B2O.C5H5.Co/c1-34(2,3)41-30-22-29(27-18-14-12-15-19-27)32(39-23-35(4,5)36(6,7)24-39)31(28-20-16-13-17-21-28)33(30)40-25-37(8,9)38(10,11)26-40;1-2-4-5-3-1;/h12-21,30H,22-26H2,1-11H3;1-5H;. The summed E-state index contributed by atoms with van der Waals surface area (Å²) in [6.45, 7) is 27.7. The Labute approximate surface area is 299 Å². The van der Waals surface area contributed by atoms with E-state index in [1.807, 2.05) is 30.7 Å². The molecule has 2 radical (unpaired) electrons. The van der Waals surface area contributed by atoms with Crippen LogP contribution in [0.25, 0.3) is 11.1 Å². The second-order valence-corrected chi connectivity index (χ2v) is 18.1. The Balaban J connectivity index is 0.000000762. The second-order valence-electron chi connectivity index (χ2n) is 18.1. The first-order valence-electron chi connectivity index (χ1n) is 17.9. The van der Waals surface area contributed by atoms with Gasteiger partial charge >= 0.3 is 0 Å². The zero-order chi connectivity index (χ0) is 33.5. The van der Waals surface area contributed by atoms with Crippen molar-refractivity contribution in [3.05, 3.63) is 113 Å². The third-order valence-electron chi connectivity index (χ3n) is 12.4. The quantitative estimate of drug-likeness (QED) is 0.287. The first-order valence-corrected chi connectivity index (χ1v) is 17.9. The van der Waals surface area contributed by atoms with E-state index in [-0.39, 0.29) is 50.1 Å². The third kappa shape index (κ3) is 8.08. The van der Waals surface area contributed by atoms with Gasteiger partial charge in [0.1, 0.15) is 0 Å². The maximum Gasteiger partial charge on any atom is 0.178 e. The Hall–Kier alpha value is -2.00. The maximum atomic E-state index is 7.14. The molecule has 47 heavy (non-hydrogen) atoms. The molecule has 2 saturated heterocycles. The molecule has 2 heterocycles. The Bertz CT molecular complexity index is 1460. The van der Waals surface area contributed by atoms with Crippen LogP contribution in [0.3, 0.4) is 0 Å². The smallest absolute Gasteiger partial charge is 0.178 e. The number of rotatable bonds is 5. The molecule has 0 N–H and O–H groups in total. The van der Waals surface area contributed by atoms with E-state index in [1.165, 1.54) is 47.6 Å². The third-order valence-corrected chi connectivity index (χ3v) is 12.4. The SMILES string of the molecule is CC(C)(C)OC1CC(c2ccccc2)=C(B2CC(C)(C)C(C)(C)C2)C(c2ccccc2)=C1B1CC(C)(C)C(C)(C)C1.[CH]1C=CC=C1.[Co]. The number of benzene rings is 2. The van der Waals surface area contributed by atoms with E-state index in [4.69, 9.17) is 4.74 Å². The number of hydrogen-bond donors (Lipinski definition) is 0. The summed E-state index contributed by atoms with van der Waals surface area (Å²) in [4.78, 5) is 0. The minimum Gasteiger partial charge on any atom is -0.369 e. The van der Waals surface area contributed by atoms with Gasteiger partial charge in [0, 0.05) is 29.6 Å². The molecule has 2 fully saturated rings. The van der Waals surface area contributed by atoms with Gasteiger partial charge in [-0.1, -0.05) is 177 Å². The van der Waals surface area contributed by atoms with E-state index in [0.717, 1.165) is 6.42 Å². The Morgan fingerprint density at radius 3 is 1.43 bits per heavy atom. The first-order chi connectivity index (χ1) is 21.4. The molecule has 0 spiro atoms. The van der Waals surface area contributed by atoms with Crippen LogP contribution in [0.4, 0.5) is 0 Å². The van der Waals surface area contributed by atoms with Crippen molar-refractivity contribution >= 4 is 24.6 Å². The van der Waals surface area contributed by atoms with Crippen molar-refractivity contribution in [2.75, 3.05) is 0 Å². The molecule has 2 aliphatic heterocycles. The van der Waals surface area contributed by atoms with Crippen molar-refractivity contribution in [2.45, 2.75) is 120 Å². The van der Waals surface area contributed by atoms with Crippen molar-refractivity contribution in [1.82, 2.24) is 0 Å². The van der Waals surface area contributed by atoms with E-state index in [2.05, 4.69) is 137 Å². The van der Waals surface area contributed by atoms with Crippen molar-refractivity contribution < 1.29 is 21.5 Å². The van der Waals surface area contributed by atoms with Crippen molar-refractivity contribution in [3.63, 3.8) is 0 Å². The van der Waals surface area contributed by atoms with E-state index in [9.17, 15) is 0 Å². The van der Waals surface area contributed by atoms with Gasteiger partial charge in [0.2, 0.25) is 0 Å². The molecule has 1 atom stereocenters. The van der Waals surface area contributed by atoms with Crippen LogP contribution in [0.1, 0.15) is 93.7 Å². The number of ether oxygens (including phenoxy) is 1. The first kappa shape index (κ1) is 37.8. The molecule has 6 rings (SSSR count). The average Bonchev–Trinajstić information content (AvgIpc) is 3.66. The number of hydrogen-bond acceptors (Lipinski definition) is 1. The zero-order valence-electron chi connectivity index (χ0n) is 31.2. The summed E-state index contributed by atoms with van der Waals surface area (Å²) in [7, 11) is 0. The molecule has 0 bridgehead atoms. The maximum absolute atomic E-state index is 7.14. The van der Waals surface area contributed by atoms with Crippen LogP contribution in [-0.4, -0.2) is 25.1 Å². The zero-order valence-corrected chi connectivity index (χ0v) is 32.2. The molecular weight excluding hydrogens is 613 g/mol. The van der Waals surface area contributed by atoms with Crippen LogP contribution in [0.2, 0.25) is 25.3 Å². The molecule has 0 amide bonds. The van der Waals surface area contributed by atoms with Crippen molar-refractivity contribution in [3.8, 4) is 0 Å². The fourth-order valence-electron chi connectivity index (χ4n) is 8.62. The predicted molar refractivity (Wildman–Crippen MR) is 204 cm³/mol. The Morgan fingerprint density at radius 1 is 0.596 bits per heavy atom. The van der Waals surface area contributed by atoms with Crippen LogP contribution >= 0.6 is 0 Å². The van der Waals surface area contributed by atoms with E-state index >= 15 is 0 Å². The Kier molecular flexibility index (Phi) is 11.3. The normalized spacial score (nSPS) is 23.9. The van der Waals surface area contributed by atoms with Gasteiger partial charge in [0.15, 0.2) is 13.4 Å². The minimum atomic E-state index is -0.224. The Morgan fingerprint density at radius 2 is 1.02 bits per heavy atom. The van der Waals surface area contributed by atoms with Crippen molar-refractivity contribution in [2.24, 2.45) is 21.7 Å². The van der Waals surface area contributed by atoms with Gasteiger partial charge < -0.3 is 4.74 Å². The molecule has 2 aromatic rings. The van der Waals surface area contributed by atoms with Gasteiger partial charge in [0.25, 0.3) is 0 Å². The summed E-state index contributed by atoms with van der Waals surface area (Å²) in [6.07, 6.45) is 15.9. The monoisotopic (exact) mass is 672 g/mol. The molecule has 0 aromatic heterocycles. The largest absolute Gasteiger partial charge is 0.369 e. The van der Waals surface area contributed by atoms with Gasteiger partial charge in [-0.2, -0.15) is 0 Å². The summed E-state index contributed by atoms with van der Waals surface area (Å²) in [5.74, 6) is 0. The predicted octanol–water partition coefficient (Wildman–Crippen LogP) is 12.0. The van der Waals surface area contributed by atoms with Crippen LogP contribution < -0.4 is 0 Å². The van der Waals surface area contributed by atoms with Crippen LogP contribution in [-0.2, 0) is 21.5 Å². The van der Waals surface area contributed by atoms with Gasteiger partial charge in [0.05, 0.1) is 11.7 Å². The summed E-state index contributed by atoms with van der Waals surface area (Å²) >= 11 is 0. The fraction of sp³-hybridized carbons (Fsp3) is 0.512. The van der Waals surface area contributed by atoms with Crippen molar-refractivity contribution in [1.29, 1.82) is 0 Å². The molecule has 2 aromatic carbocycles. The molecule has 4 aliphatic rings. The fourth-order valence-corrected chi connectivity index (χ4v) is 8.62. The van der Waals surface area contributed by atoms with Gasteiger partial charge in [-0.15, -0.1) is 0 Å². The van der Waals surface area contributed by atoms with E-state index < -0.39 is 0 Å². The molecule has 1 nitrogen and oxygen atoms in total. The van der Waals surface area contributed by atoms with Crippen LogP contribution in [0.15, 0.2) is 95.9 Å². The molecule has 1 unspecified atom stereocenters. The van der Waals surface area contributed by atoms with E-state index in [1.54, 1.807) is 10.9 Å². The minimum absolute atomic E-state index is 0. The van der Waals surface area contributed by atoms with Gasteiger partial charge in [-0.05, 0) is 64.7 Å². The summed E-state index contributed by atoms with van der Waals surface area (Å²) in [6, 6.07) is 22.6. The van der Waals surface area contributed by atoms with Crippen LogP contribution in [0.5, 0.6) is 0 Å². The molecule has 4 heteroatoms. The second kappa shape index (κ2) is 14.1. The van der Waals surface area contributed by atoms with Gasteiger partial charge in [-0.25, -0.2) is 0 Å². The molecule has 252 valence electrons. The van der Waals surface area contributed by atoms with Crippen LogP contribution in [0, 0.1) is 28.1 Å². The topological polar surface area (TPSA) is 9.23 Å². The molecule has 0 saturated carbocycles. The molecule has 2 aliphatic carbocycles. The summed E-state index contributed by atoms with van der Waals surface area (Å²) in [5, 5.41) is 0. The summed E-state index contributed by atoms with van der Waals surface area (Å²) in [5.41, 5.74) is 9.87. The van der Waals surface area contributed by atoms with Gasteiger partial charge in [-0.3, -0.25) is 0 Å².